The molecule has 3 heterocycles. The molecular weight excluding hydrogens is 586 g/mol. The highest BCUT2D eigenvalue weighted by Gasteiger charge is 2.76. The first-order chi connectivity index (χ1) is 19.9. The highest BCUT2D eigenvalue weighted by atomic mass is 79.9. The molecule has 3 fully saturated rings. The molecule has 6 atom stereocenters. The minimum absolute atomic E-state index is 0.128. The van der Waals surface area contributed by atoms with Crippen LogP contribution in [-0.4, -0.2) is 81.4 Å². The second kappa shape index (κ2) is 12.3. The molecule has 0 saturated carbocycles. The molecule has 3 amide bonds. The number of ether oxygens (including phenoxy) is 1. The molecule has 0 aromatic heterocycles. The molecule has 1 N–H and O–H groups in total. The number of aliphatic hydroxyl groups excluding tert-OH is 1. The van der Waals surface area contributed by atoms with Crippen molar-refractivity contribution in [3.8, 4) is 0 Å². The number of fused-ring (bicyclic) bond motifs is 1. The van der Waals surface area contributed by atoms with Gasteiger partial charge in [-0.05, 0) is 30.5 Å². The number of para-hydroxylation sites is 1. The third-order valence-electron chi connectivity index (χ3n) is 8.39. The summed E-state index contributed by atoms with van der Waals surface area (Å²) < 4.78 is 6.67. The van der Waals surface area contributed by atoms with Crippen molar-refractivity contribution in [2.24, 2.45) is 11.8 Å². The van der Waals surface area contributed by atoms with Gasteiger partial charge < -0.3 is 24.5 Å². The van der Waals surface area contributed by atoms with Crippen LogP contribution in [0.2, 0.25) is 0 Å². The number of carbonyl (C=O) groups excluding carboxylic acids is 3. The number of carbonyl (C=O) groups is 3. The summed E-state index contributed by atoms with van der Waals surface area (Å²) in [4.78, 5) is 47.6. The summed E-state index contributed by atoms with van der Waals surface area (Å²) in [6.07, 6.45) is 3.50. The maximum absolute atomic E-state index is 14.4. The molecule has 1 spiro atoms. The Balaban J connectivity index is 1.54. The van der Waals surface area contributed by atoms with E-state index in [0.29, 0.717) is 25.1 Å². The minimum Gasteiger partial charge on any atom is -0.396 e. The van der Waals surface area contributed by atoms with Crippen molar-refractivity contribution in [2.75, 3.05) is 31.1 Å². The van der Waals surface area contributed by atoms with Gasteiger partial charge in [0.25, 0.3) is 0 Å². The number of halogens is 1. The highest BCUT2D eigenvalue weighted by molar-refractivity contribution is 9.09. The number of hydrogen-bond donors (Lipinski definition) is 1. The number of aliphatic hydroxyl groups is 1. The van der Waals surface area contributed by atoms with Crippen molar-refractivity contribution in [1.82, 2.24) is 9.80 Å². The topological polar surface area (TPSA) is 90.4 Å². The molecule has 2 aromatic carbocycles. The third kappa shape index (κ3) is 5.15. The number of amides is 3. The molecule has 2 aromatic rings. The van der Waals surface area contributed by atoms with Gasteiger partial charge in [-0.1, -0.05) is 76.6 Å². The predicted molar refractivity (Wildman–Crippen MR) is 160 cm³/mol. The fourth-order valence-electron chi connectivity index (χ4n) is 6.78. The lowest BCUT2D eigenvalue weighted by Gasteiger charge is -2.37. The van der Waals surface area contributed by atoms with Crippen LogP contribution in [-0.2, 0) is 25.7 Å². The molecule has 0 aliphatic carbocycles. The molecule has 2 bridgehead atoms. The van der Waals surface area contributed by atoms with Gasteiger partial charge in [0.05, 0.1) is 17.9 Å². The largest absolute Gasteiger partial charge is 0.396 e. The summed E-state index contributed by atoms with van der Waals surface area (Å²) in [6.45, 7) is 8.66. The van der Waals surface area contributed by atoms with Crippen LogP contribution in [0.15, 0.2) is 86.0 Å². The molecule has 3 aliphatic heterocycles. The average Bonchev–Trinajstić information content (AvgIpc) is 3.58. The fraction of sp³-hybridized carbons (Fsp3) is 0.406. The van der Waals surface area contributed by atoms with Crippen molar-refractivity contribution in [1.29, 1.82) is 0 Å². The van der Waals surface area contributed by atoms with Crippen LogP contribution >= 0.6 is 15.9 Å². The van der Waals surface area contributed by atoms with Gasteiger partial charge in [0.15, 0.2) is 0 Å². The Labute approximate surface area is 249 Å². The van der Waals surface area contributed by atoms with E-state index in [0.717, 1.165) is 5.56 Å². The van der Waals surface area contributed by atoms with Crippen molar-refractivity contribution < 1.29 is 24.2 Å². The molecular formula is C32H36BrN3O5. The number of nitrogens with zero attached hydrogens (tertiary/aromatic N) is 3. The van der Waals surface area contributed by atoms with Crippen LogP contribution in [0.4, 0.5) is 5.69 Å². The number of anilines is 1. The summed E-state index contributed by atoms with van der Waals surface area (Å²) in [6, 6.07) is 18.0. The Bertz CT molecular complexity index is 1290. The highest BCUT2D eigenvalue weighted by Crippen LogP contribution is 2.60. The number of hydrogen-bond acceptors (Lipinski definition) is 5. The first kappa shape index (κ1) is 29.2. The van der Waals surface area contributed by atoms with Crippen LogP contribution in [0, 0.1) is 11.8 Å². The van der Waals surface area contributed by atoms with Gasteiger partial charge in [0.2, 0.25) is 17.7 Å². The average molecular weight is 623 g/mol. The number of alkyl halides is 1. The van der Waals surface area contributed by atoms with Gasteiger partial charge in [-0.3, -0.25) is 14.4 Å². The van der Waals surface area contributed by atoms with E-state index in [1.54, 1.807) is 26.9 Å². The lowest BCUT2D eigenvalue weighted by molar-refractivity contribution is -0.148. The minimum atomic E-state index is -1.17. The lowest BCUT2D eigenvalue weighted by Crippen LogP contribution is -2.57. The Morgan fingerprint density at radius 1 is 1.05 bits per heavy atom. The molecule has 216 valence electrons. The molecule has 3 aliphatic rings. The maximum Gasteiger partial charge on any atom is 0.248 e. The second-order valence-electron chi connectivity index (χ2n) is 10.8. The Morgan fingerprint density at radius 2 is 1.71 bits per heavy atom. The summed E-state index contributed by atoms with van der Waals surface area (Å²) in [5, 5.41) is 9.64. The molecule has 0 radical (unpaired) electrons. The summed E-state index contributed by atoms with van der Waals surface area (Å²) in [5.74, 6) is -2.35. The molecule has 41 heavy (non-hydrogen) atoms. The van der Waals surface area contributed by atoms with E-state index in [1.165, 1.54) is 0 Å². The summed E-state index contributed by atoms with van der Waals surface area (Å²) in [7, 11) is 0. The van der Waals surface area contributed by atoms with Gasteiger partial charge in [0.1, 0.15) is 11.6 Å². The summed E-state index contributed by atoms with van der Waals surface area (Å²) >= 11 is 3.74. The normalized spacial score (nSPS) is 27.9. The van der Waals surface area contributed by atoms with Crippen LogP contribution in [0.25, 0.3) is 0 Å². The molecule has 5 rings (SSSR count). The Hall–Kier alpha value is -3.27. The molecule has 3 saturated heterocycles. The van der Waals surface area contributed by atoms with E-state index in [2.05, 4.69) is 29.1 Å². The van der Waals surface area contributed by atoms with Gasteiger partial charge in [0, 0.05) is 43.3 Å². The van der Waals surface area contributed by atoms with Crippen molar-refractivity contribution in [3.05, 3.63) is 91.5 Å². The standard InChI is InChI=1S/C32H36BrN3O5/c1-3-16-34(21-22-12-7-5-8-13-22)31(40)28-32-20-24(33)27(41-32)25(26(32)30(39)36(28)18-11-19-37)29(38)35(17-4-2)23-14-9-6-10-15-23/h3-10,12-15,24-28,37H,1-2,11,16-21H2/t24?,25-,26-,27-,28?,32?/m0/s1. The van der Waals surface area contributed by atoms with Crippen LogP contribution < -0.4 is 4.90 Å². The molecule has 9 heteroatoms. The first-order valence-corrected chi connectivity index (χ1v) is 14.9. The number of benzene rings is 2. The van der Waals surface area contributed by atoms with Crippen LogP contribution in [0.3, 0.4) is 0 Å². The van der Waals surface area contributed by atoms with Gasteiger partial charge in [-0.2, -0.15) is 0 Å². The van der Waals surface area contributed by atoms with E-state index in [9.17, 15) is 19.5 Å². The second-order valence-corrected chi connectivity index (χ2v) is 12.0. The fourth-order valence-corrected chi connectivity index (χ4v) is 7.72. The predicted octanol–water partition coefficient (Wildman–Crippen LogP) is 3.55. The smallest absolute Gasteiger partial charge is 0.248 e. The van der Waals surface area contributed by atoms with E-state index >= 15 is 0 Å². The Morgan fingerprint density at radius 3 is 2.34 bits per heavy atom. The van der Waals surface area contributed by atoms with Gasteiger partial charge >= 0.3 is 0 Å². The van der Waals surface area contributed by atoms with Crippen molar-refractivity contribution >= 4 is 39.3 Å². The van der Waals surface area contributed by atoms with Crippen LogP contribution in [0.1, 0.15) is 18.4 Å². The van der Waals surface area contributed by atoms with Gasteiger partial charge in [-0.25, -0.2) is 0 Å². The van der Waals surface area contributed by atoms with E-state index in [-0.39, 0.29) is 48.8 Å². The number of likely N-dealkylation sites (tertiary alicyclic amines) is 1. The quantitative estimate of drug-likeness (QED) is 0.289. The first-order valence-electron chi connectivity index (χ1n) is 14.0. The van der Waals surface area contributed by atoms with E-state index in [4.69, 9.17) is 4.74 Å². The maximum atomic E-state index is 14.4. The number of rotatable bonds is 12. The zero-order valence-corrected chi connectivity index (χ0v) is 24.6. The van der Waals surface area contributed by atoms with Crippen molar-refractivity contribution in [2.45, 2.75) is 42.0 Å². The van der Waals surface area contributed by atoms with E-state index < -0.39 is 29.6 Å². The lowest BCUT2D eigenvalue weighted by atomic mass is 9.70. The van der Waals surface area contributed by atoms with E-state index in [1.807, 2.05) is 60.7 Å². The molecule has 8 nitrogen and oxygen atoms in total. The monoisotopic (exact) mass is 621 g/mol. The third-order valence-corrected chi connectivity index (χ3v) is 9.23. The zero-order valence-electron chi connectivity index (χ0n) is 23.0. The summed E-state index contributed by atoms with van der Waals surface area (Å²) in [5.41, 5.74) is 0.486. The van der Waals surface area contributed by atoms with Crippen molar-refractivity contribution in [3.63, 3.8) is 0 Å². The SMILES string of the molecule is C=CCN(Cc1ccccc1)C(=O)C1N(CCCO)C(=O)[C@@H]2[C@H](C(=O)N(CC=C)c3ccccc3)[C@H]3OC12CC3Br. The Kier molecular flexibility index (Phi) is 8.77. The zero-order chi connectivity index (χ0) is 29.1. The van der Waals surface area contributed by atoms with Gasteiger partial charge in [-0.15, -0.1) is 13.2 Å². The molecule has 3 unspecified atom stereocenters. The van der Waals surface area contributed by atoms with Crippen LogP contribution in [0.5, 0.6) is 0 Å².